The first-order chi connectivity index (χ1) is 16.1. The molecule has 0 spiro atoms. The zero-order chi connectivity index (χ0) is 24.5. The second-order valence-corrected chi connectivity index (χ2v) is 10.4. The molecule has 0 saturated heterocycles. The number of ether oxygens (including phenoxy) is 1. The number of carbonyl (C=O) groups excluding carboxylic acids is 2. The van der Waals surface area contributed by atoms with E-state index in [1.54, 1.807) is 20.8 Å². The Balaban J connectivity index is 1.37. The van der Waals surface area contributed by atoms with Gasteiger partial charge in [-0.2, -0.15) is 0 Å². The number of carbonyl (C=O) groups is 3. The van der Waals surface area contributed by atoms with Crippen molar-refractivity contribution in [1.82, 2.24) is 10.6 Å². The van der Waals surface area contributed by atoms with E-state index in [0.717, 1.165) is 28.7 Å². The third kappa shape index (κ3) is 4.52. The van der Waals surface area contributed by atoms with E-state index in [-0.39, 0.29) is 25.0 Å². The third-order valence-corrected chi connectivity index (χ3v) is 7.10. The molecule has 1 saturated carbocycles. The zero-order valence-corrected chi connectivity index (χ0v) is 19.9. The van der Waals surface area contributed by atoms with Gasteiger partial charge in [0, 0.05) is 12.5 Å². The molecule has 1 atom stereocenters. The van der Waals surface area contributed by atoms with Gasteiger partial charge in [0.25, 0.3) is 0 Å². The minimum atomic E-state index is -1.07. The maximum atomic E-state index is 13.0. The molecule has 0 heterocycles. The molecule has 0 radical (unpaired) electrons. The molecule has 0 aromatic heterocycles. The van der Waals surface area contributed by atoms with E-state index < -0.39 is 28.9 Å². The highest BCUT2D eigenvalue weighted by molar-refractivity contribution is 5.89. The van der Waals surface area contributed by atoms with Crippen LogP contribution in [0.1, 0.15) is 57.1 Å². The largest absolute Gasteiger partial charge is 0.480 e. The molecule has 0 aliphatic heterocycles. The number of carboxylic acids is 1. The summed E-state index contributed by atoms with van der Waals surface area (Å²) in [6, 6.07) is 15.2. The van der Waals surface area contributed by atoms with Gasteiger partial charge in [0.05, 0.1) is 5.41 Å². The lowest BCUT2D eigenvalue weighted by Crippen LogP contribution is -2.58. The summed E-state index contributed by atoms with van der Waals surface area (Å²) in [7, 11) is 0. The SMILES string of the molecule is CC(C)(C)[C@H](NC(=O)C1(CNC(=O)OCC2c3ccccc3-c3ccccc32)CCC1)C(=O)O. The van der Waals surface area contributed by atoms with Crippen LogP contribution in [-0.4, -0.2) is 42.3 Å². The molecule has 2 aliphatic carbocycles. The molecule has 7 nitrogen and oxygen atoms in total. The fraction of sp³-hybridized carbons (Fsp3) is 0.444. The number of benzene rings is 2. The normalized spacial score (nSPS) is 17.0. The number of carboxylic acid groups (broad SMARTS) is 1. The Hall–Kier alpha value is -3.35. The molecule has 3 N–H and O–H groups in total. The summed E-state index contributed by atoms with van der Waals surface area (Å²) in [6.07, 6.45) is 1.47. The number of alkyl carbamates (subject to hydrolysis) is 1. The molecule has 2 amide bonds. The quantitative estimate of drug-likeness (QED) is 0.566. The Bertz CT molecular complexity index is 1050. The summed E-state index contributed by atoms with van der Waals surface area (Å²) in [5.41, 5.74) is 3.14. The Morgan fingerprint density at radius 3 is 2.06 bits per heavy atom. The maximum absolute atomic E-state index is 13.0. The van der Waals surface area contributed by atoms with Crippen LogP contribution in [0.3, 0.4) is 0 Å². The Morgan fingerprint density at radius 2 is 1.59 bits per heavy atom. The predicted octanol–water partition coefficient (Wildman–Crippen LogP) is 4.31. The highest BCUT2D eigenvalue weighted by Crippen LogP contribution is 2.44. The van der Waals surface area contributed by atoms with Gasteiger partial charge in [-0.15, -0.1) is 0 Å². The van der Waals surface area contributed by atoms with E-state index in [9.17, 15) is 19.5 Å². The van der Waals surface area contributed by atoms with Gasteiger partial charge >= 0.3 is 12.1 Å². The van der Waals surface area contributed by atoms with Gasteiger partial charge in [0.2, 0.25) is 5.91 Å². The van der Waals surface area contributed by atoms with Crippen LogP contribution in [-0.2, 0) is 14.3 Å². The third-order valence-electron chi connectivity index (χ3n) is 7.10. The highest BCUT2D eigenvalue weighted by Gasteiger charge is 2.47. The average molecular weight is 465 g/mol. The molecule has 0 bridgehead atoms. The lowest BCUT2D eigenvalue weighted by atomic mass is 9.67. The Kier molecular flexibility index (Phi) is 6.39. The van der Waals surface area contributed by atoms with Gasteiger partial charge in [0.1, 0.15) is 12.6 Å². The van der Waals surface area contributed by atoms with Crippen LogP contribution in [0, 0.1) is 10.8 Å². The number of fused-ring (bicyclic) bond motifs is 3. The number of amides is 2. The first-order valence-electron chi connectivity index (χ1n) is 11.7. The molecule has 7 heteroatoms. The molecule has 0 unspecified atom stereocenters. The van der Waals surface area contributed by atoms with Gasteiger partial charge in [-0.25, -0.2) is 9.59 Å². The van der Waals surface area contributed by atoms with Gasteiger partial charge in [-0.1, -0.05) is 75.7 Å². The van der Waals surface area contributed by atoms with Crippen LogP contribution in [0.2, 0.25) is 0 Å². The van der Waals surface area contributed by atoms with Crippen LogP contribution in [0.15, 0.2) is 48.5 Å². The van der Waals surface area contributed by atoms with Crippen molar-refractivity contribution in [3.8, 4) is 11.1 Å². The van der Waals surface area contributed by atoms with Crippen LogP contribution in [0.5, 0.6) is 0 Å². The van der Waals surface area contributed by atoms with Crippen molar-refractivity contribution in [1.29, 1.82) is 0 Å². The molecule has 2 aromatic rings. The fourth-order valence-electron chi connectivity index (χ4n) is 4.91. The van der Waals surface area contributed by atoms with Crippen LogP contribution < -0.4 is 10.6 Å². The van der Waals surface area contributed by atoms with Crippen molar-refractivity contribution in [2.75, 3.05) is 13.2 Å². The van der Waals surface area contributed by atoms with E-state index in [0.29, 0.717) is 12.8 Å². The summed E-state index contributed by atoms with van der Waals surface area (Å²) in [6.45, 7) is 5.63. The van der Waals surface area contributed by atoms with Crippen molar-refractivity contribution in [2.24, 2.45) is 10.8 Å². The number of hydrogen-bond donors (Lipinski definition) is 3. The van der Waals surface area contributed by atoms with Crippen molar-refractivity contribution < 1.29 is 24.2 Å². The lowest BCUT2D eigenvalue weighted by Gasteiger charge is -2.42. The molecule has 1 fully saturated rings. The summed E-state index contributed by atoms with van der Waals surface area (Å²) >= 11 is 0. The Labute approximate surface area is 199 Å². The predicted molar refractivity (Wildman–Crippen MR) is 128 cm³/mol. The average Bonchev–Trinajstić information content (AvgIpc) is 3.08. The molecular weight excluding hydrogens is 432 g/mol. The minimum Gasteiger partial charge on any atom is -0.480 e. The van der Waals surface area contributed by atoms with E-state index in [2.05, 4.69) is 34.9 Å². The van der Waals surface area contributed by atoms with E-state index in [1.165, 1.54) is 0 Å². The van der Waals surface area contributed by atoms with Gasteiger partial charge in [-0.3, -0.25) is 4.79 Å². The maximum Gasteiger partial charge on any atom is 0.407 e. The van der Waals surface area contributed by atoms with E-state index >= 15 is 0 Å². The van der Waals surface area contributed by atoms with Crippen molar-refractivity contribution in [2.45, 2.75) is 52.0 Å². The summed E-state index contributed by atoms with van der Waals surface area (Å²) in [4.78, 5) is 37.2. The number of nitrogens with one attached hydrogen (secondary N) is 2. The molecule has 2 aliphatic rings. The van der Waals surface area contributed by atoms with Crippen LogP contribution in [0.4, 0.5) is 4.79 Å². The number of rotatable bonds is 7. The molecule has 2 aromatic carbocycles. The zero-order valence-electron chi connectivity index (χ0n) is 19.9. The number of hydrogen-bond acceptors (Lipinski definition) is 4. The van der Waals surface area contributed by atoms with Crippen LogP contribution >= 0.6 is 0 Å². The second-order valence-electron chi connectivity index (χ2n) is 10.4. The first kappa shape index (κ1) is 23.8. The monoisotopic (exact) mass is 464 g/mol. The summed E-state index contributed by atoms with van der Waals surface area (Å²) < 4.78 is 5.58. The van der Waals surface area contributed by atoms with Crippen LogP contribution in [0.25, 0.3) is 11.1 Å². The molecule has 4 rings (SSSR count). The standard InChI is InChI=1S/C27H32N2O5/c1-26(2,3)22(23(30)31)29-24(32)27(13-8-14-27)16-28-25(33)34-15-21-19-11-6-4-9-17(19)18-10-5-7-12-20(18)21/h4-7,9-12,21-22H,8,13-16H2,1-3H3,(H,28,33)(H,29,32)(H,30,31)/t22-/m1/s1. The van der Waals surface area contributed by atoms with Gasteiger partial charge < -0.3 is 20.5 Å². The summed E-state index contributed by atoms with van der Waals surface area (Å²) in [5.74, 6) is -1.44. The van der Waals surface area contributed by atoms with Crippen molar-refractivity contribution in [3.05, 3.63) is 59.7 Å². The smallest absolute Gasteiger partial charge is 0.407 e. The fourth-order valence-corrected chi connectivity index (χ4v) is 4.91. The lowest BCUT2D eigenvalue weighted by molar-refractivity contribution is -0.148. The minimum absolute atomic E-state index is 0.0396. The van der Waals surface area contributed by atoms with Gasteiger partial charge in [-0.05, 0) is 40.5 Å². The highest BCUT2D eigenvalue weighted by atomic mass is 16.5. The van der Waals surface area contributed by atoms with Gasteiger partial charge in [0.15, 0.2) is 0 Å². The van der Waals surface area contributed by atoms with Crippen molar-refractivity contribution >= 4 is 18.0 Å². The Morgan fingerprint density at radius 1 is 1.03 bits per heavy atom. The van der Waals surface area contributed by atoms with Crippen molar-refractivity contribution in [3.63, 3.8) is 0 Å². The first-order valence-corrected chi connectivity index (χ1v) is 11.7. The summed E-state index contributed by atoms with van der Waals surface area (Å²) in [5, 5.41) is 15.0. The second kappa shape index (κ2) is 9.12. The molecule has 34 heavy (non-hydrogen) atoms. The van der Waals surface area contributed by atoms with E-state index in [1.807, 2.05) is 24.3 Å². The molecule has 180 valence electrons. The topological polar surface area (TPSA) is 105 Å². The van der Waals surface area contributed by atoms with E-state index in [4.69, 9.17) is 4.74 Å². The number of aliphatic carboxylic acids is 1. The molecular formula is C27H32N2O5.